The molecule has 3 aromatic rings. The predicted octanol–water partition coefficient (Wildman–Crippen LogP) is 4.70. The molecule has 0 bridgehead atoms. The van der Waals surface area contributed by atoms with Crippen molar-refractivity contribution < 1.29 is 12.8 Å². The zero-order chi connectivity index (χ0) is 24.0. The molecular weight excluding hydrogens is 462 g/mol. The second-order valence-corrected chi connectivity index (χ2v) is 11.4. The van der Waals surface area contributed by atoms with Crippen LogP contribution in [0.4, 0.5) is 0 Å². The second-order valence-electron chi connectivity index (χ2n) is 9.22. The summed E-state index contributed by atoms with van der Waals surface area (Å²) >= 11 is 0. The van der Waals surface area contributed by atoms with Crippen LogP contribution in [-0.4, -0.2) is 45.4 Å². The molecule has 0 saturated carbocycles. The number of hydrogen-bond acceptors (Lipinski definition) is 7. The monoisotopic (exact) mass is 487 g/mol. The van der Waals surface area contributed by atoms with Gasteiger partial charge in [-0.3, -0.25) is 9.67 Å². The summed E-state index contributed by atoms with van der Waals surface area (Å²) in [5, 5.41) is 5.66. The normalized spacial score (nSPS) is 25.2. The van der Waals surface area contributed by atoms with Gasteiger partial charge < -0.3 is 4.42 Å². The van der Waals surface area contributed by atoms with Crippen molar-refractivity contribution in [1.82, 2.24) is 19.7 Å². The lowest BCUT2D eigenvalue weighted by atomic mass is 9.91. The Labute approximate surface area is 203 Å². The van der Waals surface area contributed by atoms with Crippen LogP contribution in [0.3, 0.4) is 0 Å². The van der Waals surface area contributed by atoms with Crippen molar-refractivity contribution >= 4 is 26.6 Å². The second kappa shape index (κ2) is 8.57. The third kappa shape index (κ3) is 4.20. The summed E-state index contributed by atoms with van der Waals surface area (Å²) in [5.41, 5.74) is 4.90. The van der Waals surface area contributed by atoms with E-state index in [1.165, 1.54) is 11.9 Å². The zero-order valence-electron chi connectivity index (χ0n) is 19.3. The van der Waals surface area contributed by atoms with Gasteiger partial charge in [0.15, 0.2) is 15.6 Å². The molecule has 1 aliphatic carbocycles. The molecule has 1 atom stereocenters. The summed E-state index contributed by atoms with van der Waals surface area (Å²) in [7, 11) is -2.98. The summed E-state index contributed by atoms with van der Waals surface area (Å²) in [5.74, 6) is 0.926. The number of hydrogen-bond donors (Lipinski definition) is 0. The lowest BCUT2D eigenvalue weighted by Crippen LogP contribution is -2.38. The topological polar surface area (TPSA) is 103 Å². The summed E-state index contributed by atoms with van der Waals surface area (Å²) in [6, 6.07) is 1.77. The number of furan rings is 1. The van der Waals surface area contributed by atoms with Crippen LogP contribution in [0.25, 0.3) is 22.4 Å². The number of fused-ring (bicyclic) bond motifs is 1. The molecule has 0 amide bonds. The van der Waals surface area contributed by atoms with Gasteiger partial charge in [0.1, 0.15) is 12.0 Å². The van der Waals surface area contributed by atoms with E-state index in [0.717, 1.165) is 47.3 Å². The van der Waals surface area contributed by atoms with Gasteiger partial charge in [0.2, 0.25) is 5.71 Å². The molecule has 0 spiro atoms. The van der Waals surface area contributed by atoms with Crippen LogP contribution in [-0.2, 0) is 9.84 Å². The minimum absolute atomic E-state index is 0.0751. The maximum absolute atomic E-state index is 11.8. The Bertz CT molecular complexity index is 1560. The number of sulfone groups is 1. The molecule has 0 radical (unpaired) electrons. The number of allylic oxidation sites excluding steroid dienone is 7. The van der Waals surface area contributed by atoms with Crippen LogP contribution in [0.15, 0.2) is 76.2 Å². The Morgan fingerprint density at radius 1 is 1.11 bits per heavy atom. The van der Waals surface area contributed by atoms with E-state index in [2.05, 4.69) is 46.2 Å². The van der Waals surface area contributed by atoms with Crippen molar-refractivity contribution in [2.24, 2.45) is 4.99 Å². The van der Waals surface area contributed by atoms with Crippen molar-refractivity contribution in [1.29, 1.82) is 0 Å². The van der Waals surface area contributed by atoms with Crippen LogP contribution >= 0.6 is 0 Å². The first-order valence-corrected chi connectivity index (χ1v) is 13.6. The maximum atomic E-state index is 11.8. The van der Waals surface area contributed by atoms with E-state index in [1.54, 1.807) is 10.9 Å². The molecule has 8 nitrogen and oxygen atoms in total. The van der Waals surface area contributed by atoms with Crippen LogP contribution < -0.4 is 0 Å². The van der Waals surface area contributed by atoms with Gasteiger partial charge in [-0.15, -0.1) is 0 Å². The van der Waals surface area contributed by atoms with Crippen molar-refractivity contribution in [2.45, 2.75) is 38.1 Å². The highest BCUT2D eigenvalue weighted by Crippen LogP contribution is 2.38. The molecule has 1 unspecified atom stereocenters. The van der Waals surface area contributed by atoms with Gasteiger partial charge in [0, 0.05) is 23.9 Å². The molecule has 35 heavy (non-hydrogen) atoms. The Kier molecular flexibility index (Phi) is 5.36. The summed E-state index contributed by atoms with van der Waals surface area (Å²) in [6.07, 6.45) is 20.5. The van der Waals surface area contributed by atoms with E-state index >= 15 is 0 Å². The number of aliphatic imine (C=N–C) groups is 1. The molecule has 2 aliphatic heterocycles. The molecular formula is C26H25N5O3S. The third-order valence-corrected chi connectivity index (χ3v) is 8.38. The highest BCUT2D eigenvalue weighted by Gasteiger charge is 2.36. The fourth-order valence-electron chi connectivity index (χ4n) is 4.65. The Hall–Kier alpha value is -3.59. The van der Waals surface area contributed by atoms with E-state index in [4.69, 9.17) is 9.52 Å². The number of nitrogens with zero attached hydrogens (tertiary/aromatic N) is 5. The molecule has 6 rings (SSSR count). The van der Waals surface area contributed by atoms with E-state index in [9.17, 15) is 8.42 Å². The highest BCUT2D eigenvalue weighted by molar-refractivity contribution is 7.92. The van der Waals surface area contributed by atoms with E-state index < -0.39 is 9.84 Å². The van der Waals surface area contributed by atoms with E-state index in [0.29, 0.717) is 11.5 Å². The quantitative estimate of drug-likeness (QED) is 0.529. The molecule has 3 aliphatic rings. The Morgan fingerprint density at radius 2 is 1.97 bits per heavy atom. The first-order valence-electron chi connectivity index (χ1n) is 11.8. The van der Waals surface area contributed by atoms with Gasteiger partial charge in [0.25, 0.3) is 0 Å². The fourth-order valence-corrected chi connectivity index (χ4v) is 6.03. The molecule has 3 aromatic heterocycles. The van der Waals surface area contributed by atoms with Crippen LogP contribution in [0.5, 0.6) is 0 Å². The first-order chi connectivity index (χ1) is 17.0. The lowest BCUT2D eigenvalue weighted by molar-refractivity contribution is 0.469. The third-order valence-electron chi connectivity index (χ3n) is 6.60. The zero-order valence-corrected chi connectivity index (χ0v) is 20.1. The molecule has 5 heterocycles. The first kappa shape index (κ1) is 21.9. The van der Waals surface area contributed by atoms with Gasteiger partial charge >= 0.3 is 0 Å². The van der Waals surface area contributed by atoms with Crippen molar-refractivity contribution in [3.8, 4) is 11.3 Å². The summed E-state index contributed by atoms with van der Waals surface area (Å²) in [6.45, 7) is 2.08. The Morgan fingerprint density at radius 3 is 2.77 bits per heavy atom. The highest BCUT2D eigenvalue weighted by atomic mass is 32.2. The smallest absolute Gasteiger partial charge is 0.230 e. The van der Waals surface area contributed by atoms with Crippen molar-refractivity contribution in [3.63, 3.8) is 0 Å². The molecule has 1 fully saturated rings. The van der Waals surface area contributed by atoms with Crippen LogP contribution in [0.2, 0.25) is 0 Å². The standard InChI is InChI=1S/C26H25N5O3S/c1-17-7-9-18(10-8-17)24-21(13-31(30-24)19-14-35(32,33)15-19)25-20-12-23(34-26(20)29-16-28-25)22-6-4-2-3-5-11-27-22/h4-9,11-13,16,18-19H,2-3,10,14-15H2,1H3/b6-4-,11-5-,27-22+. The van der Waals surface area contributed by atoms with Crippen molar-refractivity contribution in [3.05, 3.63) is 78.3 Å². The summed E-state index contributed by atoms with van der Waals surface area (Å²) < 4.78 is 31.5. The molecule has 0 aromatic carbocycles. The largest absolute Gasteiger partial charge is 0.436 e. The van der Waals surface area contributed by atoms with E-state index in [-0.39, 0.29) is 23.5 Å². The molecule has 0 N–H and O–H groups in total. The van der Waals surface area contributed by atoms with Gasteiger partial charge in [-0.05, 0) is 38.3 Å². The van der Waals surface area contributed by atoms with Crippen molar-refractivity contribution in [2.75, 3.05) is 11.5 Å². The summed E-state index contributed by atoms with van der Waals surface area (Å²) in [4.78, 5) is 13.5. The molecule has 178 valence electrons. The van der Waals surface area contributed by atoms with Crippen LogP contribution in [0.1, 0.15) is 49.6 Å². The Balaban J connectivity index is 1.46. The SMILES string of the molecule is CC1=CCC(c2nn(C3CS(=O)(=O)C3)cc2-c2ncnc3oc(C4=N/C=C\CC/C=C\4)cc23)C=C1. The van der Waals surface area contributed by atoms with Crippen LogP contribution in [0, 0.1) is 0 Å². The van der Waals surface area contributed by atoms with Gasteiger partial charge in [-0.25, -0.2) is 18.4 Å². The fraction of sp³-hybridized carbons (Fsp3) is 0.308. The number of aromatic nitrogens is 4. The predicted molar refractivity (Wildman–Crippen MR) is 135 cm³/mol. The average Bonchev–Trinajstić information content (AvgIpc) is 3.42. The molecule has 1 saturated heterocycles. The van der Waals surface area contributed by atoms with Gasteiger partial charge in [-0.1, -0.05) is 36.0 Å². The average molecular weight is 488 g/mol. The number of rotatable bonds is 4. The van der Waals surface area contributed by atoms with Gasteiger partial charge in [-0.2, -0.15) is 5.10 Å². The molecule has 9 heteroatoms. The lowest BCUT2D eigenvalue weighted by Gasteiger charge is -2.25. The van der Waals surface area contributed by atoms with Gasteiger partial charge in [0.05, 0.1) is 34.3 Å². The maximum Gasteiger partial charge on any atom is 0.230 e. The minimum atomic E-state index is -2.98. The minimum Gasteiger partial charge on any atom is -0.436 e. The van der Waals surface area contributed by atoms with E-state index in [1.807, 2.05) is 24.4 Å².